The third-order valence-corrected chi connectivity index (χ3v) is 2.38. The van der Waals surface area contributed by atoms with E-state index in [2.05, 4.69) is 6.58 Å². The summed E-state index contributed by atoms with van der Waals surface area (Å²) in [7, 11) is 1.66. The molecule has 0 aliphatic heterocycles. The first-order valence-corrected chi connectivity index (χ1v) is 5.75. The summed E-state index contributed by atoms with van der Waals surface area (Å²) in [5.41, 5.74) is 0. The van der Waals surface area contributed by atoms with Crippen LogP contribution in [0.4, 0.5) is 0 Å². The number of ether oxygens (including phenoxy) is 2. The van der Waals surface area contributed by atoms with Gasteiger partial charge in [-0.25, -0.2) is 0 Å². The molecule has 0 unspecified atom stereocenters. The van der Waals surface area contributed by atoms with Crippen molar-refractivity contribution < 1.29 is 9.47 Å². The zero-order chi connectivity index (χ0) is 11.6. The number of benzene rings is 1. The van der Waals surface area contributed by atoms with E-state index in [9.17, 15) is 0 Å². The van der Waals surface area contributed by atoms with Gasteiger partial charge in [-0.2, -0.15) is 0 Å². The monoisotopic (exact) mass is 220 g/mol. The highest BCUT2D eigenvalue weighted by molar-refractivity contribution is 5.39. The van der Waals surface area contributed by atoms with E-state index in [-0.39, 0.29) is 0 Å². The van der Waals surface area contributed by atoms with E-state index in [0.717, 1.165) is 30.9 Å². The number of para-hydroxylation sites is 2. The van der Waals surface area contributed by atoms with Crippen LogP contribution in [0.1, 0.15) is 25.7 Å². The third-order valence-electron chi connectivity index (χ3n) is 2.38. The van der Waals surface area contributed by atoms with Crippen LogP contribution in [-0.2, 0) is 0 Å². The van der Waals surface area contributed by atoms with Crippen molar-refractivity contribution in [2.45, 2.75) is 25.7 Å². The van der Waals surface area contributed by atoms with Gasteiger partial charge in [0.05, 0.1) is 13.7 Å². The van der Waals surface area contributed by atoms with Gasteiger partial charge >= 0.3 is 0 Å². The Morgan fingerprint density at radius 2 is 1.88 bits per heavy atom. The molecule has 0 spiro atoms. The van der Waals surface area contributed by atoms with E-state index in [1.54, 1.807) is 7.11 Å². The van der Waals surface area contributed by atoms with Crippen LogP contribution in [-0.4, -0.2) is 13.7 Å². The van der Waals surface area contributed by atoms with E-state index in [1.165, 1.54) is 12.8 Å². The molecule has 0 radical (unpaired) electrons. The number of hydrogen-bond acceptors (Lipinski definition) is 2. The molecule has 0 bridgehead atoms. The number of hydrogen-bond donors (Lipinski definition) is 0. The second-order valence-corrected chi connectivity index (χ2v) is 3.64. The van der Waals surface area contributed by atoms with Crippen molar-refractivity contribution in [3.05, 3.63) is 36.9 Å². The molecule has 0 heterocycles. The van der Waals surface area contributed by atoms with Gasteiger partial charge in [-0.05, 0) is 37.8 Å². The molecule has 0 saturated heterocycles. The van der Waals surface area contributed by atoms with Gasteiger partial charge in [-0.3, -0.25) is 0 Å². The molecular weight excluding hydrogens is 200 g/mol. The van der Waals surface area contributed by atoms with Crippen molar-refractivity contribution in [2.75, 3.05) is 13.7 Å². The standard InChI is InChI=1S/C14H20O2/c1-3-4-5-6-9-12-16-14-11-8-7-10-13(14)15-2/h3,7-8,10-11H,1,4-6,9,12H2,2H3. The van der Waals surface area contributed by atoms with Gasteiger partial charge < -0.3 is 9.47 Å². The Bertz CT molecular complexity index is 307. The largest absolute Gasteiger partial charge is 0.493 e. The van der Waals surface area contributed by atoms with Crippen molar-refractivity contribution in [2.24, 2.45) is 0 Å². The highest BCUT2D eigenvalue weighted by Gasteiger charge is 2.01. The van der Waals surface area contributed by atoms with Gasteiger partial charge in [0.1, 0.15) is 0 Å². The van der Waals surface area contributed by atoms with Crippen molar-refractivity contribution >= 4 is 0 Å². The Morgan fingerprint density at radius 1 is 1.12 bits per heavy atom. The Morgan fingerprint density at radius 3 is 2.56 bits per heavy atom. The molecule has 88 valence electrons. The smallest absolute Gasteiger partial charge is 0.161 e. The number of rotatable bonds is 8. The first-order chi connectivity index (χ1) is 7.88. The number of allylic oxidation sites excluding steroid dienone is 1. The van der Waals surface area contributed by atoms with Gasteiger partial charge in [0.2, 0.25) is 0 Å². The molecular formula is C14H20O2. The van der Waals surface area contributed by atoms with E-state index >= 15 is 0 Å². The van der Waals surface area contributed by atoms with Crippen LogP contribution in [0.15, 0.2) is 36.9 Å². The van der Waals surface area contributed by atoms with Crippen LogP contribution >= 0.6 is 0 Å². The predicted molar refractivity (Wildman–Crippen MR) is 67.2 cm³/mol. The first-order valence-electron chi connectivity index (χ1n) is 5.75. The maximum Gasteiger partial charge on any atom is 0.161 e. The maximum absolute atomic E-state index is 5.66. The molecule has 0 aliphatic carbocycles. The lowest BCUT2D eigenvalue weighted by Gasteiger charge is -2.09. The molecule has 1 aromatic rings. The fraction of sp³-hybridized carbons (Fsp3) is 0.429. The van der Waals surface area contributed by atoms with Gasteiger partial charge in [0.15, 0.2) is 11.5 Å². The van der Waals surface area contributed by atoms with E-state index < -0.39 is 0 Å². The van der Waals surface area contributed by atoms with Crippen LogP contribution in [0, 0.1) is 0 Å². The van der Waals surface area contributed by atoms with Gasteiger partial charge in [-0.1, -0.05) is 18.2 Å². The normalized spacial score (nSPS) is 9.81. The second kappa shape index (κ2) is 7.80. The molecule has 0 aromatic heterocycles. The molecule has 0 amide bonds. The van der Waals surface area contributed by atoms with Crippen LogP contribution in [0.5, 0.6) is 11.5 Å². The fourth-order valence-corrected chi connectivity index (χ4v) is 1.49. The van der Waals surface area contributed by atoms with Crippen LogP contribution in [0.3, 0.4) is 0 Å². The third kappa shape index (κ3) is 4.39. The molecule has 0 saturated carbocycles. The average molecular weight is 220 g/mol. The summed E-state index contributed by atoms with van der Waals surface area (Å²) in [4.78, 5) is 0. The minimum Gasteiger partial charge on any atom is -0.493 e. The lowest BCUT2D eigenvalue weighted by Crippen LogP contribution is -1.99. The summed E-state index contributed by atoms with van der Waals surface area (Å²) in [6.45, 7) is 4.45. The zero-order valence-electron chi connectivity index (χ0n) is 9.95. The van der Waals surface area contributed by atoms with Crippen LogP contribution < -0.4 is 9.47 Å². The molecule has 1 rings (SSSR count). The van der Waals surface area contributed by atoms with Crippen molar-refractivity contribution in [3.8, 4) is 11.5 Å². The summed E-state index contributed by atoms with van der Waals surface area (Å²) < 4.78 is 10.9. The van der Waals surface area contributed by atoms with Crippen LogP contribution in [0.25, 0.3) is 0 Å². The van der Waals surface area contributed by atoms with Gasteiger partial charge in [0, 0.05) is 0 Å². The quantitative estimate of drug-likeness (QED) is 0.490. The lowest BCUT2D eigenvalue weighted by atomic mass is 10.2. The topological polar surface area (TPSA) is 18.5 Å². The molecule has 0 atom stereocenters. The Hall–Kier alpha value is -1.44. The fourth-order valence-electron chi connectivity index (χ4n) is 1.49. The molecule has 0 fully saturated rings. The lowest BCUT2D eigenvalue weighted by molar-refractivity contribution is 0.285. The predicted octanol–water partition coefficient (Wildman–Crippen LogP) is 3.82. The highest BCUT2D eigenvalue weighted by atomic mass is 16.5. The zero-order valence-corrected chi connectivity index (χ0v) is 9.95. The molecule has 0 N–H and O–H groups in total. The molecule has 2 heteroatoms. The Labute approximate surface area is 97.9 Å². The minimum absolute atomic E-state index is 0.748. The summed E-state index contributed by atoms with van der Waals surface area (Å²) in [6.07, 6.45) is 6.50. The van der Waals surface area contributed by atoms with Crippen molar-refractivity contribution in [3.63, 3.8) is 0 Å². The molecule has 1 aromatic carbocycles. The van der Waals surface area contributed by atoms with E-state index in [1.807, 2.05) is 30.3 Å². The minimum atomic E-state index is 0.748. The summed E-state index contributed by atoms with van der Waals surface area (Å²) in [5, 5.41) is 0. The van der Waals surface area contributed by atoms with Gasteiger partial charge in [0.25, 0.3) is 0 Å². The molecule has 16 heavy (non-hydrogen) atoms. The first kappa shape index (κ1) is 12.6. The van der Waals surface area contributed by atoms with Crippen molar-refractivity contribution in [1.29, 1.82) is 0 Å². The van der Waals surface area contributed by atoms with Crippen molar-refractivity contribution in [1.82, 2.24) is 0 Å². The summed E-state index contributed by atoms with van der Waals surface area (Å²) >= 11 is 0. The molecule has 2 nitrogen and oxygen atoms in total. The summed E-state index contributed by atoms with van der Waals surface area (Å²) in [5.74, 6) is 1.63. The maximum atomic E-state index is 5.66. The average Bonchev–Trinajstić information content (AvgIpc) is 2.34. The van der Waals surface area contributed by atoms with Gasteiger partial charge in [-0.15, -0.1) is 6.58 Å². The molecule has 0 aliphatic rings. The second-order valence-electron chi connectivity index (χ2n) is 3.64. The van der Waals surface area contributed by atoms with E-state index in [4.69, 9.17) is 9.47 Å². The SMILES string of the molecule is C=CCCCCCOc1ccccc1OC. The number of methoxy groups -OCH3 is 1. The summed E-state index contributed by atoms with van der Waals surface area (Å²) in [6, 6.07) is 7.74. The number of unbranched alkanes of at least 4 members (excludes halogenated alkanes) is 3. The Balaban J connectivity index is 2.23. The highest BCUT2D eigenvalue weighted by Crippen LogP contribution is 2.25. The van der Waals surface area contributed by atoms with Crippen LogP contribution in [0.2, 0.25) is 0 Å². The van der Waals surface area contributed by atoms with E-state index in [0.29, 0.717) is 0 Å². The Kier molecular flexibility index (Phi) is 6.16.